The molecular weight excluding hydrogens is 468 g/mol. The number of urea groups is 1. The van der Waals surface area contributed by atoms with Gasteiger partial charge in [-0.2, -0.15) is 0 Å². The van der Waals surface area contributed by atoms with Crippen molar-refractivity contribution < 1.29 is 23.9 Å². The smallest absolute Gasteiger partial charge is 0.335 e. The fourth-order valence-electron chi connectivity index (χ4n) is 3.91. The second kappa shape index (κ2) is 10.7. The van der Waals surface area contributed by atoms with Crippen molar-refractivity contribution in [3.05, 3.63) is 95.1 Å². The van der Waals surface area contributed by atoms with Crippen LogP contribution < -0.4 is 19.7 Å². The van der Waals surface area contributed by atoms with Crippen molar-refractivity contribution in [1.29, 1.82) is 0 Å². The predicted molar refractivity (Wildman–Crippen MR) is 143 cm³/mol. The molecule has 7 nitrogen and oxygen atoms in total. The van der Waals surface area contributed by atoms with E-state index in [2.05, 4.69) is 38.2 Å². The van der Waals surface area contributed by atoms with Crippen molar-refractivity contribution in [2.45, 2.75) is 33.1 Å². The number of benzene rings is 3. The number of ether oxygens (including phenoxy) is 2. The van der Waals surface area contributed by atoms with Crippen LogP contribution >= 0.6 is 0 Å². The van der Waals surface area contributed by atoms with Crippen LogP contribution in [0, 0.1) is 6.92 Å². The van der Waals surface area contributed by atoms with Gasteiger partial charge in [-0.05, 0) is 59.9 Å². The number of anilines is 1. The summed E-state index contributed by atoms with van der Waals surface area (Å²) < 4.78 is 11.7. The van der Waals surface area contributed by atoms with Gasteiger partial charge >= 0.3 is 6.03 Å². The van der Waals surface area contributed by atoms with Crippen molar-refractivity contribution in [3.63, 3.8) is 0 Å². The summed E-state index contributed by atoms with van der Waals surface area (Å²) in [6.07, 6.45) is 1.44. The summed E-state index contributed by atoms with van der Waals surface area (Å²) in [5, 5.41) is 2.25. The Morgan fingerprint density at radius 2 is 1.57 bits per heavy atom. The highest BCUT2D eigenvalue weighted by atomic mass is 16.5. The average Bonchev–Trinajstić information content (AvgIpc) is 2.85. The van der Waals surface area contributed by atoms with Gasteiger partial charge in [-0.3, -0.25) is 14.9 Å². The number of amides is 4. The Kier molecular flexibility index (Phi) is 7.43. The van der Waals surface area contributed by atoms with Crippen molar-refractivity contribution in [1.82, 2.24) is 5.32 Å². The van der Waals surface area contributed by atoms with Crippen LogP contribution in [0.5, 0.6) is 11.5 Å². The van der Waals surface area contributed by atoms with Crippen molar-refractivity contribution >= 4 is 29.6 Å². The summed E-state index contributed by atoms with van der Waals surface area (Å²) >= 11 is 0. The first-order chi connectivity index (χ1) is 17.6. The van der Waals surface area contributed by atoms with Gasteiger partial charge in [0, 0.05) is 5.56 Å². The first-order valence-corrected chi connectivity index (χ1v) is 12.1. The molecule has 1 N–H and O–H groups in total. The van der Waals surface area contributed by atoms with Crippen LogP contribution in [0.15, 0.2) is 78.4 Å². The minimum absolute atomic E-state index is 0.0703. The lowest BCUT2D eigenvalue weighted by Gasteiger charge is -2.26. The van der Waals surface area contributed by atoms with E-state index < -0.39 is 17.8 Å². The van der Waals surface area contributed by atoms with E-state index in [9.17, 15) is 14.4 Å². The molecule has 0 saturated carbocycles. The Labute approximate surface area is 216 Å². The van der Waals surface area contributed by atoms with E-state index in [4.69, 9.17) is 9.47 Å². The molecular formula is C30H30N2O5. The number of aryl methyl sites for hydroxylation is 1. The maximum Gasteiger partial charge on any atom is 0.335 e. The van der Waals surface area contributed by atoms with E-state index in [1.807, 2.05) is 25.1 Å². The van der Waals surface area contributed by atoms with Gasteiger partial charge in [-0.15, -0.1) is 0 Å². The first-order valence-electron chi connectivity index (χ1n) is 12.1. The topological polar surface area (TPSA) is 84.9 Å². The fourth-order valence-corrected chi connectivity index (χ4v) is 3.91. The molecule has 1 aliphatic rings. The largest absolute Gasteiger partial charge is 0.490 e. The zero-order valence-electron chi connectivity index (χ0n) is 21.4. The van der Waals surface area contributed by atoms with Crippen LogP contribution in [0.2, 0.25) is 0 Å². The molecule has 3 aromatic rings. The van der Waals surface area contributed by atoms with Crippen LogP contribution in [0.25, 0.3) is 6.08 Å². The lowest BCUT2D eigenvalue weighted by molar-refractivity contribution is -0.122. The van der Waals surface area contributed by atoms with E-state index in [0.717, 1.165) is 16.2 Å². The molecule has 0 atom stereocenters. The minimum atomic E-state index is -0.782. The number of carbonyl (C=O) groups is 3. The molecule has 3 aromatic carbocycles. The summed E-state index contributed by atoms with van der Waals surface area (Å²) in [6.45, 7) is 8.91. The van der Waals surface area contributed by atoms with Crippen LogP contribution in [-0.2, 0) is 15.0 Å². The Morgan fingerprint density at radius 1 is 0.865 bits per heavy atom. The molecule has 190 valence electrons. The Balaban J connectivity index is 1.46. The standard InChI is InChI=1S/C30H30N2O5/c1-20-8-7-10-23(18-20)32-28(34)25(27(33)31-29(32)35)19-21-9-5-6-11-26(21)37-17-16-36-24-14-12-22(13-15-24)30(2,3)4/h5-15,18-19H,16-17H2,1-4H3,(H,31,33,35)/b25-19-. The highest BCUT2D eigenvalue weighted by molar-refractivity contribution is 6.39. The Bertz CT molecular complexity index is 1350. The molecule has 0 radical (unpaired) electrons. The number of imide groups is 2. The number of para-hydroxylation sites is 1. The quantitative estimate of drug-likeness (QED) is 0.267. The van der Waals surface area contributed by atoms with E-state index in [1.165, 1.54) is 11.6 Å². The second-order valence-corrected chi connectivity index (χ2v) is 9.81. The predicted octanol–water partition coefficient (Wildman–Crippen LogP) is 5.42. The molecule has 37 heavy (non-hydrogen) atoms. The molecule has 4 amide bonds. The lowest BCUT2D eigenvalue weighted by Crippen LogP contribution is -2.54. The van der Waals surface area contributed by atoms with Gasteiger partial charge in [0.15, 0.2) is 0 Å². The minimum Gasteiger partial charge on any atom is -0.490 e. The van der Waals surface area contributed by atoms with E-state index in [0.29, 0.717) is 23.6 Å². The number of barbiturate groups is 1. The van der Waals surface area contributed by atoms with Gasteiger partial charge in [0.25, 0.3) is 11.8 Å². The average molecular weight is 499 g/mol. The zero-order valence-corrected chi connectivity index (χ0v) is 21.4. The summed E-state index contributed by atoms with van der Waals surface area (Å²) in [5.74, 6) is -0.217. The van der Waals surface area contributed by atoms with Gasteiger partial charge in [0.1, 0.15) is 30.3 Å². The molecule has 1 aliphatic heterocycles. The molecule has 0 unspecified atom stereocenters. The van der Waals surface area contributed by atoms with E-state index >= 15 is 0 Å². The first kappa shape index (κ1) is 25.7. The van der Waals surface area contributed by atoms with Gasteiger partial charge in [-0.1, -0.05) is 63.2 Å². The second-order valence-electron chi connectivity index (χ2n) is 9.81. The van der Waals surface area contributed by atoms with Crippen LogP contribution in [-0.4, -0.2) is 31.1 Å². The third-order valence-corrected chi connectivity index (χ3v) is 5.91. The molecule has 0 aromatic heterocycles. The number of hydrogen-bond acceptors (Lipinski definition) is 5. The van der Waals surface area contributed by atoms with Gasteiger partial charge < -0.3 is 9.47 Å². The Morgan fingerprint density at radius 3 is 2.27 bits per heavy atom. The maximum absolute atomic E-state index is 13.2. The van der Waals surface area contributed by atoms with Crippen molar-refractivity contribution in [3.8, 4) is 11.5 Å². The third kappa shape index (κ3) is 6.06. The monoisotopic (exact) mass is 498 g/mol. The van der Waals surface area contributed by atoms with E-state index in [-0.39, 0.29) is 17.6 Å². The number of nitrogens with zero attached hydrogens (tertiary/aromatic N) is 1. The molecule has 4 rings (SSSR count). The Hall–Kier alpha value is -4.39. The number of hydrogen-bond donors (Lipinski definition) is 1. The molecule has 1 fully saturated rings. The zero-order chi connectivity index (χ0) is 26.6. The van der Waals surface area contributed by atoms with Gasteiger partial charge in [0.2, 0.25) is 0 Å². The number of carbonyl (C=O) groups excluding carboxylic acids is 3. The highest BCUT2D eigenvalue weighted by Gasteiger charge is 2.37. The van der Waals surface area contributed by atoms with Crippen LogP contribution in [0.1, 0.15) is 37.5 Å². The fraction of sp³-hybridized carbons (Fsp3) is 0.233. The van der Waals surface area contributed by atoms with Crippen LogP contribution in [0.3, 0.4) is 0 Å². The number of nitrogens with one attached hydrogen (secondary N) is 1. The number of rotatable bonds is 7. The SMILES string of the molecule is Cc1cccc(N2C(=O)NC(=O)/C(=C/c3ccccc3OCCOc3ccc(C(C)(C)C)cc3)C2=O)c1. The van der Waals surface area contributed by atoms with E-state index in [1.54, 1.807) is 42.5 Å². The molecule has 7 heteroatoms. The van der Waals surface area contributed by atoms with Crippen LogP contribution in [0.4, 0.5) is 10.5 Å². The molecule has 0 spiro atoms. The highest BCUT2D eigenvalue weighted by Crippen LogP contribution is 2.27. The third-order valence-electron chi connectivity index (χ3n) is 5.91. The summed E-state index contributed by atoms with van der Waals surface area (Å²) in [4.78, 5) is 39.2. The van der Waals surface area contributed by atoms with Crippen molar-refractivity contribution in [2.75, 3.05) is 18.1 Å². The summed E-state index contributed by atoms with van der Waals surface area (Å²) in [5.41, 5.74) is 2.94. The summed E-state index contributed by atoms with van der Waals surface area (Å²) in [6, 6.07) is 21.2. The van der Waals surface area contributed by atoms with Crippen molar-refractivity contribution in [2.24, 2.45) is 0 Å². The lowest BCUT2D eigenvalue weighted by atomic mass is 9.87. The normalized spacial score (nSPS) is 15.1. The molecule has 1 heterocycles. The molecule has 0 aliphatic carbocycles. The maximum atomic E-state index is 13.2. The van der Waals surface area contributed by atoms with Gasteiger partial charge in [-0.25, -0.2) is 9.69 Å². The van der Waals surface area contributed by atoms with Gasteiger partial charge in [0.05, 0.1) is 5.69 Å². The molecule has 1 saturated heterocycles. The summed E-state index contributed by atoms with van der Waals surface area (Å²) in [7, 11) is 0. The molecule has 0 bridgehead atoms.